The summed E-state index contributed by atoms with van der Waals surface area (Å²) in [6, 6.07) is 1.93. The van der Waals surface area contributed by atoms with E-state index in [0.29, 0.717) is 0 Å². The highest BCUT2D eigenvalue weighted by Crippen LogP contribution is 2.08. The molecule has 0 aromatic carbocycles. The summed E-state index contributed by atoms with van der Waals surface area (Å²) in [6.45, 7) is 6.57. The molecule has 0 bridgehead atoms. The summed E-state index contributed by atoms with van der Waals surface area (Å²) in [5.41, 5.74) is 0.284. The van der Waals surface area contributed by atoms with E-state index in [0.717, 1.165) is 31.0 Å². The van der Waals surface area contributed by atoms with Crippen molar-refractivity contribution in [3.8, 4) is 6.07 Å². The maximum Gasteiger partial charge on any atom is 0.144 e. The van der Waals surface area contributed by atoms with Crippen LogP contribution < -0.4 is 5.32 Å². The highest BCUT2D eigenvalue weighted by atomic mass is 15.1. The van der Waals surface area contributed by atoms with Gasteiger partial charge >= 0.3 is 0 Å². The van der Waals surface area contributed by atoms with Crippen LogP contribution in [0.3, 0.4) is 0 Å². The number of hydrogen-bond acceptors (Lipinski definition) is 4. The van der Waals surface area contributed by atoms with Gasteiger partial charge in [-0.15, -0.1) is 0 Å². The molecule has 1 rings (SSSR count). The second-order valence-corrected chi connectivity index (χ2v) is 4.02. The lowest BCUT2D eigenvalue weighted by atomic mass is 10.3. The van der Waals surface area contributed by atoms with Crippen LogP contribution in [0.25, 0.3) is 6.08 Å². The monoisotopic (exact) mass is 257 g/mol. The number of aliphatic imine (C=N–C) groups is 1. The highest BCUT2D eigenvalue weighted by Gasteiger charge is 2.01. The van der Waals surface area contributed by atoms with Gasteiger partial charge in [0.15, 0.2) is 0 Å². The summed E-state index contributed by atoms with van der Waals surface area (Å²) >= 11 is 0. The first-order valence-electron chi connectivity index (χ1n) is 6.25. The maximum atomic E-state index is 8.69. The fourth-order valence-corrected chi connectivity index (χ4v) is 1.43. The molecular formula is C14H19N5. The molecule has 0 atom stereocenters. The molecule has 0 unspecified atom stereocenters. The Bertz CT molecular complexity index is 516. The van der Waals surface area contributed by atoms with Gasteiger partial charge in [0.05, 0.1) is 0 Å². The van der Waals surface area contributed by atoms with Gasteiger partial charge in [0.1, 0.15) is 23.4 Å². The Kier molecular flexibility index (Phi) is 6.10. The summed E-state index contributed by atoms with van der Waals surface area (Å²) in [5.74, 6) is 1.63. The minimum Gasteiger partial charge on any atom is -0.369 e. The molecule has 1 N–H and O–H groups in total. The molecule has 0 fully saturated rings. The van der Waals surface area contributed by atoms with Crippen LogP contribution in [0.2, 0.25) is 0 Å². The minimum absolute atomic E-state index is 0.284. The first kappa shape index (κ1) is 14.7. The second kappa shape index (κ2) is 7.88. The van der Waals surface area contributed by atoms with E-state index in [9.17, 15) is 0 Å². The number of hydrogen-bond donors (Lipinski definition) is 1. The van der Waals surface area contributed by atoms with Crippen molar-refractivity contribution in [1.29, 1.82) is 5.26 Å². The highest BCUT2D eigenvalue weighted by molar-refractivity contribution is 6.07. The van der Waals surface area contributed by atoms with Crippen molar-refractivity contribution in [2.75, 3.05) is 11.9 Å². The molecule has 1 aromatic rings. The van der Waals surface area contributed by atoms with E-state index >= 15 is 0 Å². The maximum absolute atomic E-state index is 8.69. The van der Waals surface area contributed by atoms with Gasteiger partial charge in [-0.3, -0.25) is 0 Å². The Hall–Kier alpha value is -2.35. The number of unbranched alkanes of at least 4 members (excludes halogenated alkanes) is 1. The van der Waals surface area contributed by atoms with Crippen molar-refractivity contribution in [2.24, 2.45) is 12.0 Å². The first-order valence-corrected chi connectivity index (χ1v) is 6.25. The molecule has 0 aliphatic heterocycles. The van der Waals surface area contributed by atoms with Crippen LogP contribution >= 0.6 is 0 Å². The fourth-order valence-electron chi connectivity index (χ4n) is 1.43. The van der Waals surface area contributed by atoms with Crippen LogP contribution in [0.4, 0.5) is 5.82 Å². The molecule has 0 aliphatic rings. The zero-order valence-electron chi connectivity index (χ0n) is 11.4. The average molecular weight is 257 g/mol. The van der Waals surface area contributed by atoms with E-state index in [1.54, 1.807) is 12.3 Å². The summed E-state index contributed by atoms with van der Waals surface area (Å²) in [5, 5.41) is 11.9. The molecule has 0 spiro atoms. The minimum atomic E-state index is 0.284. The molecular weight excluding hydrogens is 238 g/mol. The SMILES string of the molecule is C=CC(C#N)=N/C=C/c1nc(NCCCC)cn1C. The third-order valence-corrected chi connectivity index (χ3v) is 2.49. The summed E-state index contributed by atoms with van der Waals surface area (Å²) in [6.07, 6.45) is 8.93. The largest absolute Gasteiger partial charge is 0.369 e. The summed E-state index contributed by atoms with van der Waals surface area (Å²) in [4.78, 5) is 8.38. The molecule has 0 amide bonds. The van der Waals surface area contributed by atoms with Crippen LogP contribution in [0.5, 0.6) is 0 Å². The lowest BCUT2D eigenvalue weighted by Crippen LogP contribution is -2.00. The predicted molar refractivity (Wildman–Crippen MR) is 78.9 cm³/mol. The predicted octanol–water partition coefficient (Wildman–Crippen LogP) is 2.75. The Morgan fingerprint density at radius 2 is 2.47 bits per heavy atom. The molecule has 19 heavy (non-hydrogen) atoms. The van der Waals surface area contributed by atoms with Crippen molar-refractivity contribution in [3.05, 3.63) is 30.9 Å². The molecule has 1 heterocycles. The molecule has 0 aliphatic carbocycles. The Balaban J connectivity index is 2.69. The van der Waals surface area contributed by atoms with Crippen LogP contribution in [-0.2, 0) is 7.05 Å². The number of nitrogens with one attached hydrogen (secondary N) is 1. The Morgan fingerprint density at radius 3 is 3.11 bits per heavy atom. The molecule has 1 aromatic heterocycles. The Labute approximate surface area is 114 Å². The van der Waals surface area contributed by atoms with E-state index in [2.05, 4.69) is 28.8 Å². The number of allylic oxidation sites excluding steroid dienone is 1. The number of nitriles is 1. The quantitative estimate of drug-likeness (QED) is 0.603. The van der Waals surface area contributed by atoms with Gasteiger partial charge in [-0.2, -0.15) is 5.26 Å². The van der Waals surface area contributed by atoms with Crippen LogP contribution in [0.1, 0.15) is 25.6 Å². The van der Waals surface area contributed by atoms with Crippen molar-refractivity contribution >= 4 is 17.6 Å². The van der Waals surface area contributed by atoms with Gasteiger partial charge in [-0.25, -0.2) is 9.98 Å². The van der Waals surface area contributed by atoms with Gasteiger partial charge < -0.3 is 9.88 Å². The Morgan fingerprint density at radius 1 is 1.68 bits per heavy atom. The lowest BCUT2D eigenvalue weighted by Gasteiger charge is -1.98. The summed E-state index contributed by atoms with van der Waals surface area (Å²) < 4.78 is 1.90. The number of rotatable bonds is 7. The second-order valence-electron chi connectivity index (χ2n) is 4.02. The van der Waals surface area contributed by atoms with Gasteiger partial charge in [-0.1, -0.05) is 19.9 Å². The fraction of sp³-hybridized carbons (Fsp3) is 0.357. The van der Waals surface area contributed by atoms with Crippen molar-refractivity contribution in [1.82, 2.24) is 9.55 Å². The van der Waals surface area contributed by atoms with Gasteiger partial charge in [0.2, 0.25) is 0 Å². The van der Waals surface area contributed by atoms with E-state index in [1.165, 1.54) is 6.08 Å². The standard InChI is InChI=1S/C14H19N5/c1-4-6-8-17-13-11-19(3)14(18-13)7-9-16-12(5-2)10-15/h5,7,9,11,17H,2,4,6,8H2,1,3H3/b9-7+,16-12?. The first-order chi connectivity index (χ1) is 9.21. The van der Waals surface area contributed by atoms with E-state index < -0.39 is 0 Å². The number of nitrogens with zero attached hydrogens (tertiary/aromatic N) is 4. The number of aryl methyl sites for hydroxylation is 1. The lowest BCUT2D eigenvalue weighted by molar-refractivity contribution is 0.831. The molecule has 0 radical (unpaired) electrons. The topological polar surface area (TPSA) is 66.0 Å². The van der Waals surface area contributed by atoms with Crippen LogP contribution in [-0.4, -0.2) is 21.8 Å². The van der Waals surface area contributed by atoms with Crippen LogP contribution in [0, 0.1) is 11.3 Å². The van der Waals surface area contributed by atoms with E-state index in [-0.39, 0.29) is 5.71 Å². The average Bonchev–Trinajstić information content (AvgIpc) is 2.76. The molecule has 100 valence electrons. The van der Waals surface area contributed by atoms with Crippen molar-refractivity contribution < 1.29 is 0 Å². The van der Waals surface area contributed by atoms with Crippen LogP contribution in [0.15, 0.2) is 30.0 Å². The molecule has 5 nitrogen and oxygen atoms in total. The number of imidazole rings is 1. The molecule has 5 heteroatoms. The van der Waals surface area contributed by atoms with E-state index in [1.807, 2.05) is 23.9 Å². The normalized spacial score (nSPS) is 11.5. The molecule has 0 saturated carbocycles. The van der Waals surface area contributed by atoms with Gasteiger partial charge in [0, 0.05) is 26.0 Å². The zero-order chi connectivity index (χ0) is 14.1. The van der Waals surface area contributed by atoms with E-state index in [4.69, 9.17) is 5.26 Å². The zero-order valence-corrected chi connectivity index (χ0v) is 11.4. The smallest absolute Gasteiger partial charge is 0.144 e. The van der Waals surface area contributed by atoms with Gasteiger partial charge in [-0.05, 0) is 18.6 Å². The summed E-state index contributed by atoms with van der Waals surface area (Å²) in [7, 11) is 1.92. The van der Waals surface area contributed by atoms with Crippen molar-refractivity contribution in [2.45, 2.75) is 19.8 Å². The number of aromatic nitrogens is 2. The van der Waals surface area contributed by atoms with Gasteiger partial charge in [0.25, 0.3) is 0 Å². The molecule has 0 saturated heterocycles. The third kappa shape index (κ3) is 4.80. The number of anilines is 1. The van der Waals surface area contributed by atoms with Crippen molar-refractivity contribution in [3.63, 3.8) is 0 Å². The third-order valence-electron chi connectivity index (χ3n) is 2.49.